The Labute approximate surface area is 118 Å². The normalized spacial score (nSPS) is 17.9. The van der Waals surface area contributed by atoms with E-state index in [9.17, 15) is 4.79 Å². The number of benzene rings is 1. The van der Waals surface area contributed by atoms with Gasteiger partial charge in [0, 0.05) is 38.1 Å². The van der Waals surface area contributed by atoms with E-state index in [4.69, 9.17) is 0 Å². The van der Waals surface area contributed by atoms with Crippen LogP contribution >= 0.6 is 0 Å². The number of hydrogen-bond acceptors (Lipinski definition) is 2. The van der Waals surface area contributed by atoms with Crippen LogP contribution in [0.1, 0.15) is 21.6 Å². The summed E-state index contributed by atoms with van der Waals surface area (Å²) in [6, 6.07) is 6.44. The number of aromatic nitrogens is 1. The molecule has 2 aromatic rings. The number of hydrogen-bond donors (Lipinski definition) is 1. The molecule has 0 saturated carbocycles. The molecule has 20 heavy (non-hydrogen) atoms. The second kappa shape index (κ2) is 4.35. The van der Waals surface area contributed by atoms with Crippen LogP contribution in [-0.4, -0.2) is 41.6 Å². The van der Waals surface area contributed by atoms with Crippen LogP contribution in [0.3, 0.4) is 0 Å². The molecule has 0 bridgehead atoms. The Hall–Kier alpha value is -1.81. The van der Waals surface area contributed by atoms with Crippen molar-refractivity contribution in [2.75, 3.05) is 26.2 Å². The van der Waals surface area contributed by atoms with Crippen LogP contribution in [-0.2, 0) is 13.0 Å². The minimum absolute atomic E-state index is 0.202. The first kappa shape index (κ1) is 12.0. The molecule has 0 unspecified atom stereocenters. The summed E-state index contributed by atoms with van der Waals surface area (Å²) in [5, 5.41) is 4.55. The van der Waals surface area contributed by atoms with Gasteiger partial charge in [0.25, 0.3) is 5.91 Å². The van der Waals surface area contributed by atoms with Gasteiger partial charge in [0.2, 0.25) is 0 Å². The van der Waals surface area contributed by atoms with E-state index in [1.54, 1.807) is 0 Å². The Morgan fingerprint density at radius 1 is 1.20 bits per heavy atom. The SMILES string of the molecule is Cc1c(C(=O)N2CCNCC2)n2c3c(cccc13)CC2. The number of para-hydroxylation sites is 1. The van der Waals surface area contributed by atoms with Crippen molar-refractivity contribution in [1.82, 2.24) is 14.8 Å². The van der Waals surface area contributed by atoms with Crippen LogP contribution in [0, 0.1) is 6.92 Å². The molecule has 0 radical (unpaired) electrons. The molecule has 4 rings (SSSR count). The van der Waals surface area contributed by atoms with Crippen molar-refractivity contribution in [3.8, 4) is 0 Å². The maximum Gasteiger partial charge on any atom is 0.270 e. The second-order valence-corrected chi connectivity index (χ2v) is 5.73. The molecule has 2 aliphatic rings. The number of nitrogens with zero attached hydrogens (tertiary/aromatic N) is 2. The van der Waals surface area contributed by atoms with Gasteiger partial charge in [0.1, 0.15) is 5.69 Å². The third-order valence-corrected chi connectivity index (χ3v) is 4.63. The number of piperazine rings is 1. The molecule has 1 N–H and O–H groups in total. The summed E-state index contributed by atoms with van der Waals surface area (Å²) in [5.74, 6) is 0.202. The van der Waals surface area contributed by atoms with E-state index in [-0.39, 0.29) is 5.91 Å². The molecule has 4 heteroatoms. The predicted octanol–water partition coefficient (Wildman–Crippen LogP) is 1.55. The molecule has 0 spiro atoms. The van der Waals surface area contributed by atoms with Crippen molar-refractivity contribution in [2.24, 2.45) is 0 Å². The highest BCUT2D eigenvalue weighted by atomic mass is 16.2. The zero-order valence-corrected chi connectivity index (χ0v) is 11.8. The van der Waals surface area contributed by atoms with Gasteiger partial charge in [0.15, 0.2) is 0 Å². The van der Waals surface area contributed by atoms with Crippen LogP contribution in [0.5, 0.6) is 0 Å². The maximum atomic E-state index is 12.9. The van der Waals surface area contributed by atoms with E-state index in [2.05, 4.69) is 35.0 Å². The third-order valence-electron chi connectivity index (χ3n) is 4.63. The number of nitrogens with one attached hydrogen (secondary N) is 1. The standard InChI is InChI=1S/C16H19N3O/c1-11-13-4-2-3-12-5-8-19(15(12)13)14(11)16(20)18-9-6-17-7-10-18/h2-4,17H,5-10H2,1H3. The van der Waals surface area contributed by atoms with Crippen molar-refractivity contribution in [3.05, 3.63) is 35.0 Å². The second-order valence-electron chi connectivity index (χ2n) is 5.73. The highest BCUT2D eigenvalue weighted by Crippen LogP contribution is 2.33. The summed E-state index contributed by atoms with van der Waals surface area (Å²) < 4.78 is 2.24. The molecule has 104 valence electrons. The molecule has 0 atom stereocenters. The van der Waals surface area contributed by atoms with E-state index >= 15 is 0 Å². The van der Waals surface area contributed by atoms with Gasteiger partial charge in [-0.3, -0.25) is 4.79 Å². The lowest BCUT2D eigenvalue weighted by Gasteiger charge is -2.28. The molecule has 1 saturated heterocycles. The predicted molar refractivity (Wildman–Crippen MR) is 79.2 cm³/mol. The average molecular weight is 269 g/mol. The minimum Gasteiger partial charge on any atom is -0.336 e. The van der Waals surface area contributed by atoms with Gasteiger partial charge in [-0.05, 0) is 24.5 Å². The van der Waals surface area contributed by atoms with Crippen molar-refractivity contribution in [3.63, 3.8) is 0 Å². The molecule has 1 amide bonds. The zero-order valence-electron chi connectivity index (χ0n) is 11.8. The summed E-state index contributed by atoms with van der Waals surface area (Å²) >= 11 is 0. The maximum absolute atomic E-state index is 12.9. The van der Waals surface area contributed by atoms with E-state index in [0.717, 1.165) is 50.4 Å². The highest BCUT2D eigenvalue weighted by molar-refractivity contribution is 6.03. The highest BCUT2D eigenvalue weighted by Gasteiger charge is 2.28. The fourth-order valence-corrected chi connectivity index (χ4v) is 3.61. The van der Waals surface area contributed by atoms with Gasteiger partial charge in [0.05, 0.1) is 5.52 Å². The van der Waals surface area contributed by atoms with Crippen molar-refractivity contribution in [2.45, 2.75) is 19.9 Å². The minimum atomic E-state index is 0.202. The molecule has 2 aliphatic heterocycles. The Balaban J connectivity index is 1.85. The van der Waals surface area contributed by atoms with E-state index < -0.39 is 0 Å². The molecule has 1 aromatic carbocycles. The van der Waals surface area contributed by atoms with Crippen molar-refractivity contribution in [1.29, 1.82) is 0 Å². The smallest absolute Gasteiger partial charge is 0.270 e. The van der Waals surface area contributed by atoms with Crippen molar-refractivity contribution < 1.29 is 4.79 Å². The zero-order chi connectivity index (χ0) is 13.7. The van der Waals surface area contributed by atoms with Crippen LogP contribution in [0.25, 0.3) is 10.9 Å². The Morgan fingerprint density at radius 2 is 2.00 bits per heavy atom. The average Bonchev–Trinajstić information content (AvgIpc) is 3.03. The Morgan fingerprint density at radius 3 is 2.80 bits per heavy atom. The van der Waals surface area contributed by atoms with Gasteiger partial charge in [-0.15, -0.1) is 0 Å². The number of carbonyl (C=O) groups excluding carboxylic acids is 1. The summed E-state index contributed by atoms with van der Waals surface area (Å²) in [6.07, 6.45) is 1.05. The number of rotatable bonds is 1. The monoisotopic (exact) mass is 269 g/mol. The number of aryl methyl sites for hydroxylation is 3. The van der Waals surface area contributed by atoms with Gasteiger partial charge in [-0.1, -0.05) is 18.2 Å². The first-order valence-electron chi connectivity index (χ1n) is 7.38. The molecule has 1 fully saturated rings. The summed E-state index contributed by atoms with van der Waals surface area (Å²) in [5.41, 5.74) is 4.71. The van der Waals surface area contributed by atoms with Gasteiger partial charge in [-0.2, -0.15) is 0 Å². The Bertz CT molecular complexity index is 695. The van der Waals surface area contributed by atoms with Gasteiger partial charge < -0.3 is 14.8 Å². The number of carbonyl (C=O) groups is 1. The fraction of sp³-hybridized carbons (Fsp3) is 0.438. The molecule has 3 heterocycles. The lowest BCUT2D eigenvalue weighted by molar-refractivity contribution is 0.0725. The largest absolute Gasteiger partial charge is 0.336 e. The summed E-state index contributed by atoms with van der Waals surface area (Å²) in [4.78, 5) is 14.9. The number of amides is 1. The van der Waals surface area contributed by atoms with E-state index in [1.165, 1.54) is 16.5 Å². The van der Waals surface area contributed by atoms with Crippen LogP contribution in [0.2, 0.25) is 0 Å². The molecule has 1 aromatic heterocycles. The lowest BCUT2D eigenvalue weighted by atomic mass is 10.1. The van der Waals surface area contributed by atoms with Crippen LogP contribution < -0.4 is 5.32 Å². The topological polar surface area (TPSA) is 37.3 Å². The molecular formula is C16H19N3O. The van der Waals surface area contributed by atoms with Crippen molar-refractivity contribution >= 4 is 16.8 Å². The fourth-order valence-electron chi connectivity index (χ4n) is 3.61. The summed E-state index contributed by atoms with van der Waals surface area (Å²) in [7, 11) is 0. The lowest BCUT2D eigenvalue weighted by Crippen LogP contribution is -2.47. The first-order valence-corrected chi connectivity index (χ1v) is 7.38. The third kappa shape index (κ3) is 1.54. The molecular weight excluding hydrogens is 250 g/mol. The van der Waals surface area contributed by atoms with E-state index in [0.29, 0.717) is 0 Å². The first-order chi connectivity index (χ1) is 9.77. The molecule has 0 aliphatic carbocycles. The summed E-state index contributed by atoms with van der Waals surface area (Å²) in [6.45, 7) is 6.45. The Kier molecular flexibility index (Phi) is 2.60. The van der Waals surface area contributed by atoms with E-state index in [1.807, 2.05) is 4.90 Å². The molecule has 4 nitrogen and oxygen atoms in total. The van der Waals surface area contributed by atoms with Crippen LogP contribution in [0.4, 0.5) is 0 Å². The van der Waals surface area contributed by atoms with Gasteiger partial charge in [-0.25, -0.2) is 0 Å². The van der Waals surface area contributed by atoms with Crippen LogP contribution in [0.15, 0.2) is 18.2 Å². The van der Waals surface area contributed by atoms with Gasteiger partial charge >= 0.3 is 0 Å². The quantitative estimate of drug-likeness (QED) is 0.853.